The maximum atomic E-state index is 11.8. The van der Waals surface area contributed by atoms with Gasteiger partial charge in [0.1, 0.15) is 0 Å². The van der Waals surface area contributed by atoms with E-state index < -0.39 is 0 Å². The van der Waals surface area contributed by atoms with Crippen LogP contribution in [0.2, 0.25) is 0 Å². The molecule has 0 radical (unpaired) electrons. The normalized spacial score (nSPS) is 20.0. The lowest BCUT2D eigenvalue weighted by molar-refractivity contribution is -0.123. The first-order valence-electron chi connectivity index (χ1n) is 8.45. The predicted molar refractivity (Wildman–Crippen MR) is 92.9 cm³/mol. The van der Waals surface area contributed by atoms with Crippen molar-refractivity contribution in [3.05, 3.63) is 35.9 Å². The van der Waals surface area contributed by atoms with Crippen LogP contribution in [0.1, 0.15) is 31.2 Å². The molecule has 0 atom stereocenters. The lowest BCUT2D eigenvalue weighted by atomic mass is 10.0. The second kappa shape index (κ2) is 8.02. The predicted octanol–water partition coefficient (Wildman–Crippen LogP) is 2.91. The van der Waals surface area contributed by atoms with Crippen molar-refractivity contribution in [1.82, 2.24) is 10.2 Å². The number of likely N-dealkylation sites (tertiary alicyclic amines) is 1. The van der Waals surface area contributed by atoms with Crippen molar-refractivity contribution in [2.24, 2.45) is 5.92 Å². The molecule has 1 heterocycles. The van der Waals surface area contributed by atoms with Crippen LogP contribution in [0.15, 0.2) is 30.3 Å². The Balaban J connectivity index is 1.26. The summed E-state index contributed by atoms with van der Waals surface area (Å²) in [5.74, 6) is 2.94. The van der Waals surface area contributed by atoms with E-state index >= 15 is 0 Å². The number of carbonyl (C=O) groups excluding carboxylic acids is 1. The Morgan fingerprint density at radius 1 is 1.14 bits per heavy atom. The number of thioether (sulfide) groups is 1. The molecule has 22 heavy (non-hydrogen) atoms. The Morgan fingerprint density at radius 2 is 1.86 bits per heavy atom. The Morgan fingerprint density at radius 3 is 2.55 bits per heavy atom. The van der Waals surface area contributed by atoms with E-state index in [4.69, 9.17) is 0 Å². The molecular weight excluding hydrogens is 292 g/mol. The zero-order chi connectivity index (χ0) is 15.2. The van der Waals surface area contributed by atoms with E-state index in [1.54, 1.807) is 0 Å². The summed E-state index contributed by atoms with van der Waals surface area (Å²) in [6, 6.07) is 11.1. The van der Waals surface area contributed by atoms with Gasteiger partial charge in [-0.05, 0) is 31.2 Å². The van der Waals surface area contributed by atoms with Crippen LogP contribution < -0.4 is 5.32 Å². The molecule has 0 spiro atoms. The third-order valence-corrected chi connectivity index (χ3v) is 5.55. The number of piperidine rings is 1. The minimum atomic E-state index is 0.303. The van der Waals surface area contributed by atoms with Crippen molar-refractivity contribution < 1.29 is 4.79 Å². The molecule has 2 fully saturated rings. The smallest absolute Gasteiger partial charge is 0.223 e. The fourth-order valence-corrected chi connectivity index (χ4v) is 3.88. The average molecular weight is 318 g/mol. The Labute approximate surface area is 137 Å². The van der Waals surface area contributed by atoms with Gasteiger partial charge in [0.15, 0.2) is 0 Å². The number of nitrogens with zero attached hydrogens (tertiary/aromatic N) is 1. The van der Waals surface area contributed by atoms with Gasteiger partial charge in [0.2, 0.25) is 5.91 Å². The molecule has 1 saturated carbocycles. The summed E-state index contributed by atoms with van der Waals surface area (Å²) >= 11 is 2.01. The quantitative estimate of drug-likeness (QED) is 0.785. The Hall–Kier alpha value is -1.00. The lowest BCUT2D eigenvalue weighted by Gasteiger charge is -2.32. The van der Waals surface area contributed by atoms with Crippen LogP contribution in [0, 0.1) is 5.92 Å². The first kappa shape index (κ1) is 15.9. The number of benzene rings is 1. The van der Waals surface area contributed by atoms with Crippen LogP contribution in [-0.4, -0.2) is 42.2 Å². The van der Waals surface area contributed by atoms with Gasteiger partial charge in [0, 0.05) is 43.1 Å². The van der Waals surface area contributed by atoms with E-state index in [0.717, 1.165) is 44.5 Å². The molecule has 1 aliphatic carbocycles. The summed E-state index contributed by atoms with van der Waals surface area (Å²) in [7, 11) is 0. The first-order chi connectivity index (χ1) is 10.8. The highest BCUT2D eigenvalue weighted by Gasteiger charge is 2.31. The van der Waals surface area contributed by atoms with E-state index in [1.165, 1.54) is 17.9 Å². The molecule has 1 aliphatic heterocycles. The number of carbonyl (C=O) groups is 1. The van der Waals surface area contributed by atoms with E-state index in [-0.39, 0.29) is 0 Å². The summed E-state index contributed by atoms with van der Waals surface area (Å²) in [4.78, 5) is 14.3. The second-order valence-corrected chi connectivity index (χ2v) is 7.54. The molecule has 3 rings (SSSR count). The summed E-state index contributed by atoms with van der Waals surface area (Å²) in [5.41, 5.74) is 1.41. The van der Waals surface area contributed by atoms with E-state index in [0.29, 0.717) is 17.9 Å². The number of nitrogens with one attached hydrogen (secondary N) is 1. The molecule has 0 bridgehead atoms. The van der Waals surface area contributed by atoms with Crippen LogP contribution in [-0.2, 0) is 10.5 Å². The van der Waals surface area contributed by atoms with Gasteiger partial charge in [-0.25, -0.2) is 0 Å². The topological polar surface area (TPSA) is 32.3 Å². The third kappa shape index (κ3) is 5.03. The zero-order valence-electron chi connectivity index (χ0n) is 13.2. The van der Waals surface area contributed by atoms with Gasteiger partial charge in [-0.2, -0.15) is 11.8 Å². The molecule has 1 saturated heterocycles. The van der Waals surface area contributed by atoms with Gasteiger partial charge in [-0.1, -0.05) is 30.3 Å². The van der Waals surface area contributed by atoms with Gasteiger partial charge in [0.05, 0.1) is 0 Å². The molecule has 1 amide bonds. The van der Waals surface area contributed by atoms with Crippen molar-refractivity contribution >= 4 is 17.7 Å². The SMILES string of the molecule is O=C(NC1CCN(CCSCc2ccccc2)CC1)C1CC1. The van der Waals surface area contributed by atoms with Crippen molar-refractivity contribution in [2.75, 3.05) is 25.4 Å². The number of rotatable bonds is 7. The Bertz CT molecular complexity index is 467. The van der Waals surface area contributed by atoms with Gasteiger partial charge >= 0.3 is 0 Å². The molecule has 1 aromatic rings. The molecule has 120 valence electrons. The maximum absolute atomic E-state index is 11.8. The van der Waals surface area contributed by atoms with Crippen molar-refractivity contribution in [3.63, 3.8) is 0 Å². The largest absolute Gasteiger partial charge is 0.353 e. The highest BCUT2D eigenvalue weighted by molar-refractivity contribution is 7.98. The second-order valence-electron chi connectivity index (χ2n) is 6.44. The lowest BCUT2D eigenvalue weighted by Crippen LogP contribution is -2.45. The van der Waals surface area contributed by atoms with E-state index in [1.807, 2.05) is 11.8 Å². The summed E-state index contributed by atoms with van der Waals surface area (Å²) in [5, 5.41) is 3.22. The fraction of sp³-hybridized carbons (Fsp3) is 0.611. The number of amides is 1. The zero-order valence-corrected chi connectivity index (χ0v) is 14.0. The van der Waals surface area contributed by atoms with Gasteiger partial charge in [-0.15, -0.1) is 0 Å². The highest BCUT2D eigenvalue weighted by atomic mass is 32.2. The maximum Gasteiger partial charge on any atom is 0.223 e. The molecule has 3 nitrogen and oxygen atoms in total. The van der Waals surface area contributed by atoms with Crippen LogP contribution >= 0.6 is 11.8 Å². The number of hydrogen-bond acceptors (Lipinski definition) is 3. The molecule has 2 aliphatic rings. The van der Waals surface area contributed by atoms with E-state index in [2.05, 4.69) is 40.5 Å². The molecular formula is C18H26N2OS. The number of hydrogen-bond donors (Lipinski definition) is 1. The average Bonchev–Trinajstić information content (AvgIpc) is 3.39. The van der Waals surface area contributed by atoms with Crippen LogP contribution in [0.3, 0.4) is 0 Å². The van der Waals surface area contributed by atoms with Crippen LogP contribution in [0.4, 0.5) is 0 Å². The molecule has 1 aromatic carbocycles. The molecule has 4 heteroatoms. The van der Waals surface area contributed by atoms with Crippen molar-refractivity contribution in [3.8, 4) is 0 Å². The van der Waals surface area contributed by atoms with Gasteiger partial charge in [-0.3, -0.25) is 4.79 Å². The highest BCUT2D eigenvalue weighted by Crippen LogP contribution is 2.29. The molecule has 0 aromatic heterocycles. The van der Waals surface area contributed by atoms with Crippen LogP contribution in [0.5, 0.6) is 0 Å². The van der Waals surface area contributed by atoms with Crippen molar-refractivity contribution in [1.29, 1.82) is 0 Å². The third-order valence-electron chi connectivity index (χ3n) is 4.55. The van der Waals surface area contributed by atoms with Gasteiger partial charge in [0.25, 0.3) is 0 Å². The Kier molecular flexibility index (Phi) is 5.79. The summed E-state index contributed by atoms with van der Waals surface area (Å²) in [6.07, 6.45) is 4.43. The van der Waals surface area contributed by atoms with Crippen LogP contribution in [0.25, 0.3) is 0 Å². The monoisotopic (exact) mass is 318 g/mol. The minimum Gasteiger partial charge on any atom is -0.353 e. The summed E-state index contributed by atoms with van der Waals surface area (Å²) in [6.45, 7) is 3.42. The van der Waals surface area contributed by atoms with Gasteiger partial charge < -0.3 is 10.2 Å². The van der Waals surface area contributed by atoms with E-state index in [9.17, 15) is 4.79 Å². The summed E-state index contributed by atoms with van der Waals surface area (Å²) < 4.78 is 0. The fourth-order valence-electron chi connectivity index (χ4n) is 2.92. The molecule has 1 N–H and O–H groups in total. The first-order valence-corrected chi connectivity index (χ1v) is 9.61. The standard InChI is InChI=1S/C18H26N2OS/c21-18(16-6-7-16)19-17-8-10-20(11-9-17)12-13-22-14-15-4-2-1-3-5-15/h1-5,16-17H,6-14H2,(H,19,21). The minimum absolute atomic E-state index is 0.303. The van der Waals surface area contributed by atoms with Crippen molar-refractivity contribution in [2.45, 2.75) is 37.5 Å². The molecule has 0 unspecified atom stereocenters.